The molecule has 7 heteroatoms. The van der Waals surface area contributed by atoms with Crippen LogP contribution in [0, 0.1) is 0 Å². The number of halogens is 2. The van der Waals surface area contributed by atoms with E-state index >= 15 is 0 Å². The molecule has 4 nitrogen and oxygen atoms in total. The highest BCUT2D eigenvalue weighted by atomic mass is 35.7. The molecule has 0 radical (unpaired) electrons. The number of H-pyrrole nitrogens is 1. The monoisotopic (exact) mass is 202 g/mol. The lowest BCUT2D eigenvalue weighted by Gasteiger charge is -1.81. The Morgan fingerprint density at radius 2 is 2.20 bits per heavy atom. The van der Waals surface area contributed by atoms with Crippen LogP contribution in [0.4, 0.5) is 0 Å². The second kappa shape index (κ2) is 3.23. The summed E-state index contributed by atoms with van der Waals surface area (Å²) in [6.07, 6.45) is 2.35. The van der Waals surface area contributed by atoms with Crippen molar-refractivity contribution >= 4 is 32.1 Å². The summed E-state index contributed by atoms with van der Waals surface area (Å²) < 4.78 is 20.8. The van der Waals surface area contributed by atoms with Crippen LogP contribution < -0.4 is 0 Å². The standard InChI is InChI=1S/C3H3ClN2O2S.ClH/c4-9(7,8)3-1-5-6-2-3;/h1-2H,(H,5,6);1H. The van der Waals surface area contributed by atoms with Crippen LogP contribution in [-0.2, 0) is 9.05 Å². The zero-order chi connectivity index (χ0) is 6.91. The van der Waals surface area contributed by atoms with E-state index in [4.69, 9.17) is 10.7 Å². The SMILES string of the molecule is Cl.O=S(=O)(Cl)c1cn[nH]c1. The van der Waals surface area contributed by atoms with Crippen molar-refractivity contribution in [1.82, 2.24) is 10.2 Å². The summed E-state index contributed by atoms with van der Waals surface area (Å²) in [5.41, 5.74) is 0. The summed E-state index contributed by atoms with van der Waals surface area (Å²) in [5.74, 6) is 0. The third kappa shape index (κ3) is 2.17. The van der Waals surface area contributed by atoms with Gasteiger partial charge in [0.15, 0.2) is 0 Å². The number of hydrogen-bond acceptors (Lipinski definition) is 3. The van der Waals surface area contributed by atoms with Crippen molar-refractivity contribution in [3.05, 3.63) is 12.4 Å². The van der Waals surface area contributed by atoms with Crippen LogP contribution in [0.25, 0.3) is 0 Å². The molecule has 1 rings (SSSR count). The van der Waals surface area contributed by atoms with Crippen LogP contribution in [-0.4, -0.2) is 18.6 Å². The number of hydrogen-bond donors (Lipinski definition) is 1. The topological polar surface area (TPSA) is 62.8 Å². The minimum atomic E-state index is -3.58. The van der Waals surface area contributed by atoms with Crippen molar-refractivity contribution in [3.8, 4) is 0 Å². The van der Waals surface area contributed by atoms with Crippen molar-refractivity contribution in [2.24, 2.45) is 0 Å². The first kappa shape index (κ1) is 9.74. The van der Waals surface area contributed by atoms with Gasteiger partial charge in [-0.15, -0.1) is 12.4 Å². The van der Waals surface area contributed by atoms with E-state index in [1.54, 1.807) is 0 Å². The molecule has 0 saturated carbocycles. The van der Waals surface area contributed by atoms with Crippen molar-refractivity contribution in [2.75, 3.05) is 0 Å². The van der Waals surface area contributed by atoms with Gasteiger partial charge in [-0.2, -0.15) is 5.10 Å². The minimum Gasteiger partial charge on any atom is -0.284 e. The van der Waals surface area contributed by atoms with Crippen LogP contribution in [0.15, 0.2) is 17.3 Å². The van der Waals surface area contributed by atoms with Crippen LogP contribution in [0.2, 0.25) is 0 Å². The summed E-state index contributed by atoms with van der Waals surface area (Å²) in [7, 11) is 1.33. The van der Waals surface area contributed by atoms with Gasteiger partial charge in [-0.05, 0) is 0 Å². The Labute approximate surface area is 68.4 Å². The molecule has 0 atom stereocenters. The highest BCUT2D eigenvalue weighted by Crippen LogP contribution is 2.10. The third-order valence-corrected chi connectivity index (χ3v) is 2.08. The zero-order valence-corrected chi connectivity index (χ0v) is 7.00. The number of aromatic amines is 1. The Hall–Kier alpha value is -0.260. The highest BCUT2D eigenvalue weighted by Gasteiger charge is 2.09. The van der Waals surface area contributed by atoms with Gasteiger partial charge in [-0.25, -0.2) is 8.42 Å². The summed E-state index contributed by atoms with van der Waals surface area (Å²) in [6.45, 7) is 0. The molecule has 0 unspecified atom stereocenters. The van der Waals surface area contributed by atoms with E-state index < -0.39 is 9.05 Å². The lowest BCUT2D eigenvalue weighted by molar-refractivity contribution is 0.609. The first-order chi connectivity index (χ1) is 4.11. The molecular weight excluding hydrogens is 199 g/mol. The van der Waals surface area contributed by atoms with Crippen LogP contribution in [0.3, 0.4) is 0 Å². The molecule has 0 aromatic carbocycles. The third-order valence-electron chi connectivity index (χ3n) is 0.755. The molecule has 10 heavy (non-hydrogen) atoms. The smallest absolute Gasteiger partial charge is 0.264 e. The molecule has 0 amide bonds. The maximum Gasteiger partial charge on any atom is 0.264 e. The highest BCUT2D eigenvalue weighted by molar-refractivity contribution is 8.13. The van der Waals surface area contributed by atoms with Gasteiger partial charge in [-0.1, -0.05) is 0 Å². The number of nitrogens with zero attached hydrogens (tertiary/aromatic N) is 1. The quantitative estimate of drug-likeness (QED) is 0.685. The van der Waals surface area contributed by atoms with Gasteiger partial charge >= 0.3 is 0 Å². The van der Waals surface area contributed by atoms with Crippen molar-refractivity contribution in [2.45, 2.75) is 4.90 Å². The zero-order valence-electron chi connectivity index (χ0n) is 4.61. The van der Waals surface area contributed by atoms with Gasteiger partial charge in [0.25, 0.3) is 9.05 Å². The van der Waals surface area contributed by atoms with E-state index in [1.807, 2.05) is 0 Å². The maximum atomic E-state index is 10.4. The molecule has 0 spiro atoms. The summed E-state index contributed by atoms with van der Waals surface area (Å²) >= 11 is 0. The fourth-order valence-corrected chi connectivity index (χ4v) is 0.998. The molecule has 0 bridgehead atoms. The minimum absolute atomic E-state index is 0. The average Bonchev–Trinajstić information content (AvgIpc) is 2.08. The first-order valence-corrected chi connectivity index (χ1v) is 4.35. The lowest BCUT2D eigenvalue weighted by atomic mass is 10.7. The number of nitrogens with one attached hydrogen (secondary N) is 1. The van der Waals surface area contributed by atoms with E-state index in [0.29, 0.717) is 0 Å². The van der Waals surface area contributed by atoms with E-state index in [2.05, 4.69) is 10.2 Å². The summed E-state index contributed by atoms with van der Waals surface area (Å²) in [4.78, 5) is -0.0100. The molecule has 0 saturated heterocycles. The second-order valence-corrected chi connectivity index (χ2v) is 3.94. The lowest BCUT2D eigenvalue weighted by Crippen LogP contribution is -1.85. The van der Waals surface area contributed by atoms with Gasteiger partial charge in [0, 0.05) is 16.9 Å². The molecule has 0 aliphatic carbocycles. The molecule has 1 aromatic heterocycles. The van der Waals surface area contributed by atoms with Gasteiger partial charge < -0.3 is 0 Å². The Morgan fingerprint density at radius 3 is 2.40 bits per heavy atom. The van der Waals surface area contributed by atoms with Crippen LogP contribution in [0.1, 0.15) is 0 Å². The molecule has 1 N–H and O–H groups in total. The molecule has 0 aliphatic rings. The Kier molecular flexibility index (Phi) is 3.14. The summed E-state index contributed by atoms with van der Waals surface area (Å²) in [5, 5.41) is 5.72. The fourth-order valence-electron chi connectivity index (χ4n) is 0.372. The molecular formula is C3H4Cl2N2O2S. The van der Waals surface area contributed by atoms with Gasteiger partial charge in [0.2, 0.25) is 0 Å². The molecule has 0 fully saturated rings. The molecule has 0 aliphatic heterocycles. The molecule has 1 aromatic rings. The van der Waals surface area contributed by atoms with E-state index in [-0.39, 0.29) is 17.3 Å². The molecule has 1 heterocycles. The van der Waals surface area contributed by atoms with Crippen molar-refractivity contribution in [3.63, 3.8) is 0 Å². The van der Waals surface area contributed by atoms with Crippen LogP contribution >= 0.6 is 23.1 Å². The maximum absolute atomic E-state index is 10.4. The van der Waals surface area contributed by atoms with Gasteiger partial charge in [-0.3, -0.25) is 5.10 Å². The van der Waals surface area contributed by atoms with E-state index in [1.165, 1.54) is 6.20 Å². The summed E-state index contributed by atoms with van der Waals surface area (Å²) in [6, 6.07) is 0. The Balaban J connectivity index is 0.000000810. The second-order valence-electron chi connectivity index (χ2n) is 1.37. The first-order valence-electron chi connectivity index (χ1n) is 2.04. The predicted molar refractivity (Wildman–Crippen MR) is 38.9 cm³/mol. The predicted octanol–water partition coefficient (Wildman–Crippen LogP) is 0.759. The van der Waals surface area contributed by atoms with Gasteiger partial charge in [0.1, 0.15) is 4.90 Å². The van der Waals surface area contributed by atoms with E-state index in [9.17, 15) is 8.42 Å². The molecule has 58 valence electrons. The van der Waals surface area contributed by atoms with Gasteiger partial charge in [0.05, 0.1) is 6.20 Å². The average molecular weight is 203 g/mol. The van der Waals surface area contributed by atoms with Crippen molar-refractivity contribution in [1.29, 1.82) is 0 Å². The van der Waals surface area contributed by atoms with E-state index in [0.717, 1.165) is 6.20 Å². The normalized spacial score (nSPS) is 10.5. The Bertz CT molecular complexity index is 279. The largest absolute Gasteiger partial charge is 0.284 e. The van der Waals surface area contributed by atoms with Crippen molar-refractivity contribution < 1.29 is 8.42 Å². The number of aromatic nitrogens is 2. The Morgan fingerprint density at radius 1 is 1.60 bits per heavy atom. The number of rotatable bonds is 1. The fraction of sp³-hybridized carbons (Fsp3) is 0. The van der Waals surface area contributed by atoms with Crippen LogP contribution in [0.5, 0.6) is 0 Å².